The third-order valence-electron chi connectivity index (χ3n) is 4.54. The van der Waals surface area contributed by atoms with Crippen LogP contribution in [0.15, 0.2) is 40.8 Å². The van der Waals surface area contributed by atoms with Crippen LogP contribution in [0.2, 0.25) is 5.02 Å². The van der Waals surface area contributed by atoms with Crippen LogP contribution in [0.3, 0.4) is 0 Å². The molecule has 2 atom stereocenters. The van der Waals surface area contributed by atoms with Crippen LogP contribution in [-0.4, -0.2) is 49.8 Å². The highest BCUT2D eigenvalue weighted by molar-refractivity contribution is 6.30. The number of nitrogens with zero attached hydrogens (tertiary/aromatic N) is 1. The summed E-state index contributed by atoms with van der Waals surface area (Å²) in [4.78, 5) is 14.8. The molecule has 27 heavy (non-hydrogen) atoms. The van der Waals surface area contributed by atoms with Gasteiger partial charge in [-0.05, 0) is 50.2 Å². The second kappa shape index (κ2) is 9.26. The molecule has 2 heterocycles. The third kappa shape index (κ3) is 5.48. The molecule has 7 heteroatoms. The fourth-order valence-electron chi connectivity index (χ4n) is 3.04. The van der Waals surface area contributed by atoms with Gasteiger partial charge in [-0.1, -0.05) is 11.6 Å². The van der Waals surface area contributed by atoms with Crippen molar-refractivity contribution in [2.75, 3.05) is 32.8 Å². The van der Waals surface area contributed by atoms with Crippen molar-refractivity contribution in [1.29, 1.82) is 0 Å². The van der Waals surface area contributed by atoms with Crippen LogP contribution < -0.4 is 10.1 Å². The first-order chi connectivity index (χ1) is 13.0. The number of carbonyl (C=O) groups is 1. The van der Waals surface area contributed by atoms with E-state index in [1.54, 1.807) is 31.2 Å². The van der Waals surface area contributed by atoms with Crippen LogP contribution in [0.25, 0.3) is 0 Å². The van der Waals surface area contributed by atoms with E-state index >= 15 is 0 Å². The smallest absolute Gasteiger partial charge is 0.260 e. The molecular weight excluding hydrogens is 368 g/mol. The van der Waals surface area contributed by atoms with Gasteiger partial charge in [0.05, 0.1) is 19.3 Å². The molecule has 146 valence electrons. The van der Waals surface area contributed by atoms with Crippen LogP contribution in [-0.2, 0) is 9.53 Å². The lowest BCUT2D eigenvalue weighted by Crippen LogP contribution is -2.45. The Hall–Kier alpha value is -2.02. The molecule has 2 aromatic rings. The number of benzene rings is 1. The molecule has 1 N–H and O–H groups in total. The van der Waals surface area contributed by atoms with Gasteiger partial charge in [-0.3, -0.25) is 9.69 Å². The van der Waals surface area contributed by atoms with Gasteiger partial charge < -0.3 is 19.2 Å². The van der Waals surface area contributed by atoms with E-state index in [1.807, 2.05) is 19.1 Å². The third-order valence-corrected chi connectivity index (χ3v) is 4.79. The van der Waals surface area contributed by atoms with E-state index in [0.29, 0.717) is 30.5 Å². The standard InChI is InChI=1S/C20H25ClN2O4/c1-14-3-8-19(26-14)18(23-9-11-25-12-10-23)13-22-20(24)15(2)27-17-6-4-16(21)5-7-17/h3-8,15,18H,9-13H2,1-2H3,(H,22,24). The molecular formula is C20H25ClN2O4. The molecule has 1 amide bonds. The number of rotatable bonds is 7. The zero-order valence-electron chi connectivity index (χ0n) is 15.6. The summed E-state index contributed by atoms with van der Waals surface area (Å²) in [5.41, 5.74) is 0. The van der Waals surface area contributed by atoms with Gasteiger partial charge in [0.1, 0.15) is 17.3 Å². The highest BCUT2D eigenvalue weighted by atomic mass is 35.5. The predicted molar refractivity (Wildman–Crippen MR) is 103 cm³/mol. The minimum atomic E-state index is -0.616. The predicted octanol–water partition coefficient (Wildman–Crippen LogP) is 3.20. The molecule has 2 unspecified atom stereocenters. The quantitative estimate of drug-likeness (QED) is 0.783. The van der Waals surface area contributed by atoms with E-state index in [0.717, 1.165) is 24.6 Å². The number of ether oxygens (including phenoxy) is 2. The maximum absolute atomic E-state index is 12.5. The van der Waals surface area contributed by atoms with Crippen LogP contribution in [0.4, 0.5) is 0 Å². The van der Waals surface area contributed by atoms with Crippen molar-refractivity contribution in [3.8, 4) is 5.75 Å². The fourth-order valence-corrected chi connectivity index (χ4v) is 3.17. The SMILES string of the molecule is Cc1ccc(C(CNC(=O)C(C)Oc2ccc(Cl)cc2)N2CCOCC2)o1. The molecule has 1 aliphatic rings. The van der Waals surface area contributed by atoms with Crippen LogP contribution in [0.5, 0.6) is 5.75 Å². The summed E-state index contributed by atoms with van der Waals surface area (Å²) in [7, 11) is 0. The molecule has 1 aromatic heterocycles. The maximum Gasteiger partial charge on any atom is 0.260 e. The zero-order valence-corrected chi connectivity index (χ0v) is 16.4. The van der Waals surface area contributed by atoms with Crippen molar-refractivity contribution in [3.63, 3.8) is 0 Å². The van der Waals surface area contributed by atoms with E-state index in [9.17, 15) is 4.79 Å². The molecule has 1 aromatic carbocycles. The number of furan rings is 1. The van der Waals surface area contributed by atoms with Crippen molar-refractivity contribution in [2.45, 2.75) is 26.0 Å². The number of nitrogens with one attached hydrogen (secondary N) is 1. The van der Waals surface area contributed by atoms with Crippen LogP contribution in [0, 0.1) is 6.92 Å². The summed E-state index contributed by atoms with van der Waals surface area (Å²) < 4.78 is 17.0. The molecule has 0 bridgehead atoms. The molecule has 0 radical (unpaired) electrons. The highest BCUT2D eigenvalue weighted by Gasteiger charge is 2.26. The topological polar surface area (TPSA) is 63.9 Å². The van der Waals surface area contributed by atoms with Gasteiger partial charge >= 0.3 is 0 Å². The molecule has 1 fully saturated rings. The summed E-state index contributed by atoms with van der Waals surface area (Å²) in [5.74, 6) is 2.13. The van der Waals surface area contributed by atoms with Gasteiger partial charge in [-0.2, -0.15) is 0 Å². The molecule has 6 nitrogen and oxygen atoms in total. The van der Waals surface area contributed by atoms with Crippen LogP contribution in [0.1, 0.15) is 24.5 Å². The summed E-state index contributed by atoms with van der Waals surface area (Å²) in [5, 5.41) is 3.61. The maximum atomic E-state index is 12.5. The van der Waals surface area contributed by atoms with E-state index in [1.165, 1.54) is 0 Å². The Balaban J connectivity index is 1.59. The molecule has 1 aliphatic heterocycles. The summed E-state index contributed by atoms with van der Waals surface area (Å²) in [6.07, 6.45) is -0.616. The summed E-state index contributed by atoms with van der Waals surface area (Å²) in [6, 6.07) is 10.8. The number of amides is 1. The number of carbonyl (C=O) groups excluding carboxylic acids is 1. The van der Waals surface area contributed by atoms with Gasteiger partial charge in [-0.25, -0.2) is 0 Å². The summed E-state index contributed by atoms with van der Waals surface area (Å²) in [6.45, 7) is 7.06. The monoisotopic (exact) mass is 392 g/mol. The van der Waals surface area contributed by atoms with Gasteiger partial charge in [0.2, 0.25) is 0 Å². The summed E-state index contributed by atoms with van der Waals surface area (Å²) >= 11 is 5.87. The van der Waals surface area contributed by atoms with Crippen molar-refractivity contribution in [3.05, 3.63) is 52.9 Å². The lowest BCUT2D eigenvalue weighted by atomic mass is 10.1. The van der Waals surface area contributed by atoms with Crippen molar-refractivity contribution in [1.82, 2.24) is 10.2 Å². The number of halogens is 1. The first-order valence-electron chi connectivity index (χ1n) is 9.11. The van der Waals surface area contributed by atoms with Gasteiger partial charge in [0.25, 0.3) is 5.91 Å². The first kappa shape index (κ1) is 19.7. The Morgan fingerprint density at radius 1 is 1.22 bits per heavy atom. The van der Waals surface area contributed by atoms with E-state index < -0.39 is 6.10 Å². The van der Waals surface area contributed by atoms with Crippen LogP contribution >= 0.6 is 11.6 Å². The van der Waals surface area contributed by atoms with Crippen molar-refractivity contribution in [2.24, 2.45) is 0 Å². The van der Waals surface area contributed by atoms with Gasteiger partial charge in [0, 0.05) is 24.7 Å². The number of aryl methyl sites for hydroxylation is 1. The molecule has 0 saturated carbocycles. The Kier molecular flexibility index (Phi) is 6.77. The lowest BCUT2D eigenvalue weighted by molar-refractivity contribution is -0.127. The normalized spacial score (nSPS) is 17.3. The van der Waals surface area contributed by atoms with E-state index in [-0.39, 0.29) is 11.9 Å². The Bertz CT molecular complexity index is 741. The molecule has 0 spiro atoms. The Morgan fingerprint density at radius 3 is 2.56 bits per heavy atom. The van der Waals surface area contributed by atoms with Gasteiger partial charge in [-0.15, -0.1) is 0 Å². The van der Waals surface area contributed by atoms with E-state index in [4.69, 9.17) is 25.5 Å². The van der Waals surface area contributed by atoms with Crippen molar-refractivity contribution >= 4 is 17.5 Å². The minimum Gasteiger partial charge on any atom is -0.481 e. The minimum absolute atomic E-state index is 0.0331. The largest absolute Gasteiger partial charge is 0.481 e. The Morgan fingerprint density at radius 2 is 1.93 bits per heavy atom. The number of morpholine rings is 1. The Labute approximate surface area is 164 Å². The van der Waals surface area contributed by atoms with Gasteiger partial charge in [0.15, 0.2) is 6.10 Å². The first-order valence-corrected chi connectivity index (χ1v) is 9.49. The average molecular weight is 393 g/mol. The second-order valence-electron chi connectivity index (χ2n) is 6.57. The number of hydrogen-bond donors (Lipinski definition) is 1. The lowest BCUT2D eigenvalue weighted by Gasteiger charge is -2.33. The highest BCUT2D eigenvalue weighted by Crippen LogP contribution is 2.23. The average Bonchev–Trinajstić information content (AvgIpc) is 3.10. The molecule has 0 aliphatic carbocycles. The zero-order chi connectivity index (χ0) is 19.2. The molecule has 3 rings (SSSR count). The van der Waals surface area contributed by atoms with E-state index in [2.05, 4.69) is 10.2 Å². The fraction of sp³-hybridized carbons (Fsp3) is 0.450. The second-order valence-corrected chi connectivity index (χ2v) is 7.01. The molecule has 1 saturated heterocycles. The number of hydrogen-bond acceptors (Lipinski definition) is 5. The van der Waals surface area contributed by atoms with Crippen molar-refractivity contribution < 1.29 is 18.7 Å².